The molecule has 33 heavy (non-hydrogen) atoms. The van der Waals surface area contributed by atoms with Gasteiger partial charge in [-0.3, -0.25) is 9.59 Å². The van der Waals surface area contributed by atoms with Crippen molar-refractivity contribution >= 4 is 16.9 Å². The van der Waals surface area contributed by atoms with E-state index in [1.807, 2.05) is 25.1 Å². The Morgan fingerprint density at radius 3 is 2.36 bits per heavy atom. The van der Waals surface area contributed by atoms with E-state index in [0.717, 1.165) is 5.56 Å². The van der Waals surface area contributed by atoms with E-state index in [1.54, 1.807) is 36.4 Å². The second-order valence-corrected chi connectivity index (χ2v) is 7.75. The highest BCUT2D eigenvalue weighted by Crippen LogP contribution is 2.49. The average Bonchev–Trinajstić information content (AvgIpc) is 2.82. The van der Waals surface area contributed by atoms with Gasteiger partial charge in [-0.15, -0.1) is 0 Å². The van der Waals surface area contributed by atoms with Crippen LogP contribution in [0.2, 0.25) is 0 Å². The maximum Gasteiger partial charge on any atom is 0.306 e. The molecule has 1 heterocycles. The highest BCUT2D eigenvalue weighted by atomic mass is 16.5. The molecule has 0 amide bonds. The largest absolute Gasteiger partial charge is 0.504 e. The fourth-order valence-electron chi connectivity index (χ4n) is 3.96. The molecule has 0 fully saturated rings. The second-order valence-electron chi connectivity index (χ2n) is 7.75. The smallest absolute Gasteiger partial charge is 0.306 e. The van der Waals surface area contributed by atoms with Crippen molar-refractivity contribution in [3.8, 4) is 28.6 Å². The summed E-state index contributed by atoms with van der Waals surface area (Å²) in [6.45, 7) is 1.87. The lowest BCUT2D eigenvalue weighted by atomic mass is 9.85. The Labute approximate surface area is 189 Å². The topological polar surface area (TPSA) is 117 Å². The number of benzene rings is 3. The number of hydrogen-bond donors (Lipinski definition) is 3. The predicted molar refractivity (Wildman–Crippen MR) is 123 cm³/mol. The number of aromatic hydroxyl groups is 3. The van der Waals surface area contributed by atoms with Gasteiger partial charge in [0.15, 0.2) is 16.9 Å². The van der Waals surface area contributed by atoms with Gasteiger partial charge in [-0.1, -0.05) is 60.2 Å². The molecule has 1 unspecified atom stereocenters. The third-order valence-electron chi connectivity index (χ3n) is 5.58. The van der Waals surface area contributed by atoms with E-state index in [0.29, 0.717) is 11.1 Å². The van der Waals surface area contributed by atoms with Crippen molar-refractivity contribution in [2.45, 2.75) is 19.3 Å². The fourth-order valence-corrected chi connectivity index (χ4v) is 3.96. The van der Waals surface area contributed by atoms with Crippen LogP contribution in [0.15, 0.2) is 69.9 Å². The third-order valence-corrected chi connectivity index (χ3v) is 5.58. The number of rotatable bonds is 5. The molecule has 0 radical (unpaired) electrons. The summed E-state index contributed by atoms with van der Waals surface area (Å²) < 4.78 is 10.9. The SMILES string of the molecule is COC(=O)CC(c1cccc(C)c1)c1c(O)c(O)c(O)c2c(=O)cc(-c3ccccc3)oc12. The van der Waals surface area contributed by atoms with Crippen molar-refractivity contribution < 1.29 is 29.3 Å². The molecule has 3 aromatic carbocycles. The van der Waals surface area contributed by atoms with Crippen LogP contribution in [0.5, 0.6) is 17.2 Å². The molecule has 4 rings (SSSR count). The van der Waals surface area contributed by atoms with Gasteiger partial charge in [0.2, 0.25) is 5.75 Å². The van der Waals surface area contributed by atoms with Crippen LogP contribution in [-0.4, -0.2) is 28.4 Å². The van der Waals surface area contributed by atoms with Crippen molar-refractivity contribution in [3.63, 3.8) is 0 Å². The maximum atomic E-state index is 13.0. The van der Waals surface area contributed by atoms with Crippen LogP contribution >= 0.6 is 0 Å². The van der Waals surface area contributed by atoms with Crippen LogP contribution in [0.4, 0.5) is 0 Å². The molecule has 168 valence electrons. The Kier molecular flexibility index (Phi) is 5.79. The Morgan fingerprint density at radius 2 is 1.70 bits per heavy atom. The first-order valence-corrected chi connectivity index (χ1v) is 10.2. The number of methoxy groups -OCH3 is 1. The fraction of sp³-hybridized carbons (Fsp3) is 0.154. The summed E-state index contributed by atoms with van der Waals surface area (Å²) in [6.07, 6.45) is -0.202. The first-order valence-electron chi connectivity index (χ1n) is 10.2. The number of ether oxygens (including phenoxy) is 1. The molecule has 7 heteroatoms. The Morgan fingerprint density at radius 1 is 0.970 bits per heavy atom. The zero-order valence-corrected chi connectivity index (χ0v) is 18.0. The molecule has 4 aromatic rings. The minimum atomic E-state index is -0.861. The molecular formula is C26H22O7. The lowest BCUT2D eigenvalue weighted by molar-refractivity contribution is -0.140. The Hall–Kier alpha value is -4.26. The van der Waals surface area contributed by atoms with Crippen molar-refractivity contribution in [1.29, 1.82) is 0 Å². The van der Waals surface area contributed by atoms with Crippen LogP contribution < -0.4 is 5.43 Å². The molecule has 0 aliphatic rings. The number of carbonyl (C=O) groups excluding carboxylic acids is 1. The van der Waals surface area contributed by atoms with E-state index < -0.39 is 34.6 Å². The highest BCUT2D eigenvalue weighted by Gasteiger charge is 2.31. The van der Waals surface area contributed by atoms with E-state index in [9.17, 15) is 24.9 Å². The zero-order chi connectivity index (χ0) is 23.7. The summed E-state index contributed by atoms with van der Waals surface area (Å²) in [5.41, 5.74) is 1.42. The quantitative estimate of drug-likeness (QED) is 0.303. The van der Waals surface area contributed by atoms with E-state index in [1.165, 1.54) is 13.2 Å². The van der Waals surface area contributed by atoms with Crippen LogP contribution in [0.25, 0.3) is 22.3 Å². The average molecular weight is 446 g/mol. The maximum absolute atomic E-state index is 13.0. The highest BCUT2D eigenvalue weighted by molar-refractivity contribution is 5.93. The van der Waals surface area contributed by atoms with Crippen molar-refractivity contribution in [3.05, 3.63) is 87.6 Å². The van der Waals surface area contributed by atoms with Gasteiger partial charge in [-0.05, 0) is 12.5 Å². The van der Waals surface area contributed by atoms with Gasteiger partial charge in [0.25, 0.3) is 0 Å². The lowest BCUT2D eigenvalue weighted by Crippen LogP contribution is -2.12. The normalized spacial score (nSPS) is 11.9. The summed E-state index contributed by atoms with van der Waals surface area (Å²) >= 11 is 0. The predicted octanol–water partition coefficient (Wildman–Crippen LogP) is 4.58. The Balaban J connectivity index is 2.10. The van der Waals surface area contributed by atoms with Gasteiger partial charge in [-0.25, -0.2) is 0 Å². The molecular weight excluding hydrogens is 424 g/mol. The number of esters is 1. The van der Waals surface area contributed by atoms with Crippen LogP contribution in [0.1, 0.15) is 29.0 Å². The molecule has 0 saturated carbocycles. The zero-order valence-electron chi connectivity index (χ0n) is 18.0. The summed E-state index contributed by atoms with van der Waals surface area (Å²) in [5, 5.41) is 31.5. The van der Waals surface area contributed by atoms with E-state index in [4.69, 9.17) is 9.15 Å². The number of phenols is 3. The van der Waals surface area contributed by atoms with Gasteiger partial charge in [-0.2, -0.15) is 0 Å². The molecule has 0 saturated heterocycles. The molecule has 0 bridgehead atoms. The number of hydrogen-bond acceptors (Lipinski definition) is 7. The molecule has 7 nitrogen and oxygen atoms in total. The first kappa shape index (κ1) is 22.0. The first-order chi connectivity index (χ1) is 15.8. The van der Waals surface area contributed by atoms with Gasteiger partial charge in [0, 0.05) is 23.1 Å². The number of aryl methyl sites for hydroxylation is 1. The third kappa shape index (κ3) is 4.01. The lowest BCUT2D eigenvalue weighted by Gasteiger charge is -2.21. The minimum absolute atomic E-state index is 0.00572. The number of carbonyl (C=O) groups is 1. The molecule has 0 aliphatic heterocycles. The monoisotopic (exact) mass is 446 g/mol. The van der Waals surface area contributed by atoms with Crippen LogP contribution in [0, 0.1) is 6.92 Å². The van der Waals surface area contributed by atoms with Crippen LogP contribution in [0.3, 0.4) is 0 Å². The minimum Gasteiger partial charge on any atom is -0.504 e. The summed E-state index contributed by atoms with van der Waals surface area (Å²) in [5.74, 6) is -3.52. The van der Waals surface area contributed by atoms with Gasteiger partial charge in [0.1, 0.15) is 16.7 Å². The molecule has 3 N–H and O–H groups in total. The van der Waals surface area contributed by atoms with E-state index in [2.05, 4.69) is 0 Å². The van der Waals surface area contributed by atoms with Crippen LogP contribution in [-0.2, 0) is 9.53 Å². The van der Waals surface area contributed by atoms with Crippen molar-refractivity contribution in [1.82, 2.24) is 0 Å². The van der Waals surface area contributed by atoms with Gasteiger partial charge >= 0.3 is 5.97 Å². The molecule has 0 spiro atoms. The van der Waals surface area contributed by atoms with Crippen molar-refractivity contribution in [2.75, 3.05) is 7.11 Å². The van der Waals surface area contributed by atoms with Gasteiger partial charge < -0.3 is 24.5 Å². The van der Waals surface area contributed by atoms with Gasteiger partial charge in [0.05, 0.1) is 13.5 Å². The van der Waals surface area contributed by atoms with E-state index in [-0.39, 0.29) is 28.7 Å². The molecule has 1 atom stereocenters. The number of phenolic OH excluding ortho intramolecular Hbond substituents is 3. The second kappa shape index (κ2) is 8.70. The summed E-state index contributed by atoms with van der Waals surface area (Å²) in [7, 11) is 1.25. The molecule has 1 aromatic heterocycles. The summed E-state index contributed by atoms with van der Waals surface area (Å²) in [6, 6.07) is 17.3. The summed E-state index contributed by atoms with van der Waals surface area (Å²) in [4.78, 5) is 25.3. The molecule has 0 aliphatic carbocycles. The Bertz CT molecular complexity index is 1400. The number of fused-ring (bicyclic) bond motifs is 1. The van der Waals surface area contributed by atoms with Crippen molar-refractivity contribution in [2.24, 2.45) is 0 Å². The van der Waals surface area contributed by atoms with E-state index >= 15 is 0 Å². The standard InChI is InChI=1S/C26H22O7/c1-14-7-6-10-16(11-14)17(12-20(28)32-2)21-23(29)25(31)24(30)22-18(27)13-19(33-26(21)22)15-8-4-3-5-9-15/h3-11,13,17,29-31H,12H2,1-2H3.